The Labute approximate surface area is 140 Å². The second kappa shape index (κ2) is 6.00. The summed E-state index contributed by atoms with van der Waals surface area (Å²) in [5, 5.41) is 7.50. The van der Waals surface area contributed by atoms with Gasteiger partial charge in [0.2, 0.25) is 0 Å². The van der Waals surface area contributed by atoms with Crippen LogP contribution in [0.15, 0.2) is 53.3 Å². The first-order chi connectivity index (χ1) is 11.7. The van der Waals surface area contributed by atoms with Gasteiger partial charge in [-0.15, -0.1) is 0 Å². The van der Waals surface area contributed by atoms with Crippen LogP contribution in [0.5, 0.6) is 0 Å². The Morgan fingerprint density at radius 1 is 1.29 bits per heavy atom. The number of hydrogen-bond donors (Lipinski definition) is 1. The van der Waals surface area contributed by atoms with Crippen molar-refractivity contribution in [1.82, 2.24) is 15.1 Å². The van der Waals surface area contributed by atoms with Gasteiger partial charge in [0.25, 0.3) is 5.91 Å². The lowest BCUT2D eigenvalue weighted by atomic mass is 9.93. The molecule has 0 radical (unpaired) electrons. The van der Waals surface area contributed by atoms with Gasteiger partial charge in [0, 0.05) is 12.0 Å². The number of hydrogen-bond acceptors (Lipinski definition) is 3. The Morgan fingerprint density at radius 2 is 2.12 bits per heavy atom. The molecule has 0 aliphatic heterocycles. The van der Waals surface area contributed by atoms with Crippen LogP contribution in [0.3, 0.4) is 0 Å². The monoisotopic (exact) mass is 321 g/mol. The molecule has 0 unspecified atom stereocenters. The Bertz CT molecular complexity index is 864. The van der Waals surface area contributed by atoms with E-state index in [-0.39, 0.29) is 11.9 Å². The number of fused-ring (bicyclic) bond motifs is 1. The Balaban J connectivity index is 1.57. The van der Waals surface area contributed by atoms with Gasteiger partial charge in [0.05, 0.1) is 35.4 Å². The van der Waals surface area contributed by atoms with Gasteiger partial charge >= 0.3 is 0 Å². The third kappa shape index (κ3) is 2.52. The summed E-state index contributed by atoms with van der Waals surface area (Å²) < 4.78 is 7.28. The van der Waals surface area contributed by atoms with Crippen LogP contribution in [-0.4, -0.2) is 15.7 Å². The first-order valence-electron chi connectivity index (χ1n) is 8.21. The summed E-state index contributed by atoms with van der Waals surface area (Å²) in [6, 6.07) is 11.8. The van der Waals surface area contributed by atoms with E-state index >= 15 is 0 Å². The van der Waals surface area contributed by atoms with Gasteiger partial charge in [-0.3, -0.25) is 4.79 Å². The maximum atomic E-state index is 12.7. The molecule has 2 aromatic heterocycles. The molecule has 1 aliphatic carbocycles. The van der Waals surface area contributed by atoms with E-state index in [0.29, 0.717) is 5.56 Å². The minimum Gasteiger partial charge on any atom is -0.469 e. The van der Waals surface area contributed by atoms with Gasteiger partial charge < -0.3 is 9.73 Å². The third-order valence-electron chi connectivity index (χ3n) is 4.61. The lowest BCUT2D eigenvalue weighted by Crippen LogP contribution is -2.30. The smallest absolute Gasteiger partial charge is 0.255 e. The molecule has 0 saturated heterocycles. The Kier molecular flexibility index (Phi) is 3.69. The minimum absolute atomic E-state index is 0.0134. The van der Waals surface area contributed by atoms with Crippen molar-refractivity contribution in [1.29, 1.82) is 0 Å². The van der Waals surface area contributed by atoms with Crippen molar-refractivity contribution in [2.45, 2.75) is 32.2 Å². The molecule has 1 amide bonds. The minimum atomic E-state index is -0.0891. The number of carbonyl (C=O) groups excluding carboxylic acids is 1. The van der Waals surface area contributed by atoms with Gasteiger partial charge in [-0.1, -0.05) is 18.2 Å². The summed E-state index contributed by atoms with van der Waals surface area (Å²) >= 11 is 0. The highest BCUT2D eigenvalue weighted by molar-refractivity contribution is 5.95. The maximum absolute atomic E-state index is 12.7. The highest BCUT2D eigenvalue weighted by atomic mass is 16.3. The zero-order valence-electron chi connectivity index (χ0n) is 13.5. The molecule has 0 fully saturated rings. The third-order valence-corrected chi connectivity index (χ3v) is 4.61. The molecule has 1 N–H and O–H groups in total. The Hall–Kier alpha value is -2.82. The normalized spacial score (nSPS) is 16.6. The number of aromatic nitrogens is 2. The first kappa shape index (κ1) is 14.8. The van der Waals surface area contributed by atoms with Gasteiger partial charge in [-0.2, -0.15) is 5.10 Å². The van der Waals surface area contributed by atoms with Crippen LogP contribution in [-0.2, 0) is 6.42 Å². The largest absolute Gasteiger partial charge is 0.469 e. The van der Waals surface area contributed by atoms with Crippen LogP contribution < -0.4 is 5.32 Å². The lowest BCUT2D eigenvalue weighted by molar-refractivity contribution is 0.0931. The predicted molar refractivity (Wildman–Crippen MR) is 90.2 cm³/mol. The molecular weight excluding hydrogens is 302 g/mol. The summed E-state index contributed by atoms with van der Waals surface area (Å²) in [7, 11) is 0. The molecule has 0 spiro atoms. The summed E-state index contributed by atoms with van der Waals surface area (Å²) in [6.45, 7) is 1.92. The second-order valence-corrected chi connectivity index (χ2v) is 6.11. The highest BCUT2D eigenvalue weighted by Crippen LogP contribution is 2.30. The molecule has 5 heteroatoms. The van der Waals surface area contributed by atoms with Gasteiger partial charge in [-0.25, -0.2) is 4.68 Å². The quantitative estimate of drug-likeness (QED) is 0.802. The van der Waals surface area contributed by atoms with Crippen LogP contribution in [0, 0.1) is 6.92 Å². The average Bonchev–Trinajstić information content (AvgIpc) is 3.23. The standard InChI is InChI=1S/C19H19N3O2/c1-13-16(12-20-22(13)14-6-3-2-4-7-14)19(23)21-17-8-5-9-18-15(17)10-11-24-18/h2-4,6-7,10-12,17H,5,8-9H2,1H3,(H,21,23)/t17-/m1/s1. The van der Waals surface area contributed by atoms with Crippen LogP contribution in [0.1, 0.15) is 46.3 Å². The fourth-order valence-electron chi connectivity index (χ4n) is 3.33. The van der Waals surface area contributed by atoms with Gasteiger partial charge in [-0.05, 0) is 38.0 Å². The van der Waals surface area contributed by atoms with Crippen molar-refractivity contribution in [3.05, 3.63) is 71.4 Å². The van der Waals surface area contributed by atoms with E-state index in [2.05, 4.69) is 10.4 Å². The lowest BCUT2D eigenvalue weighted by Gasteiger charge is -2.22. The van der Waals surface area contributed by atoms with E-state index in [4.69, 9.17) is 4.42 Å². The Morgan fingerprint density at radius 3 is 2.96 bits per heavy atom. The van der Waals surface area contributed by atoms with Crippen molar-refractivity contribution in [3.8, 4) is 5.69 Å². The molecular formula is C19H19N3O2. The van der Waals surface area contributed by atoms with Crippen LogP contribution in [0.2, 0.25) is 0 Å². The summed E-state index contributed by atoms with van der Waals surface area (Å²) in [6.07, 6.45) is 6.24. The maximum Gasteiger partial charge on any atom is 0.255 e. The van der Waals surface area contributed by atoms with E-state index in [9.17, 15) is 4.79 Å². The average molecular weight is 321 g/mol. The number of benzene rings is 1. The SMILES string of the molecule is Cc1c(C(=O)N[C@@H]2CCCc3occc32)cnn1-c1ccccc1. The molecule has 0 bridgehead atoms. The molecule has 1 atom stereocenters. The number of amides is 1. The molecule has 5 nitrogen and oxygen atoms in total. The molecule has 2 heterocycles. The zero-order chi connectivity index (χ0) is 16.5. The van der Waals surface area contributed by atoms with Crippen LogP contribution >= 0.6 is 0 Å². The zero-order valence-corrected chi connectivity index (χ0v) is 13.5. The fraction of sp³-hybridized carbons (Fsp3) is 0.263. The second-order valence-electron chi connectivity index (χ2n) is 6.11. The predicted octanol–water partition coefficient (Wildman–Crippen LogP) is 3.58. The van der Waals surface area contributed by atoms with Gasteiger partial charge in [0.1, 0.15) is 5.76 Å². The highest BCUT2D eigenvalue weighted by Gasteiger charge is 2.25. The number of para-hydroxylation sites is 1. The van der Waals surface area contributed by atoms with Crippen LogP contribution in [0.4, 0.5) is 0 Å². The molecule has 4 rings (SSSR count). The van der Waals surface area contributed by atoms with Crippen molar-refractivity contribution in [2.75, 3.05) is 0 Å². The van der Waals surface area contributed by atoms with Gasteiger partial charge in [0.15, 0.2) is 0 Å². The molecule has 24 heavy (non-hydrogen) atoms. The van der Waals surface area contributed by atoms with Crippen molar-refractivity contribution in [2.24, 2.45) is 0 Å². The number of aryl methyl sites for hydroxylation is 1. The number of furan rings is 1. The summed E-state index contributed by atoms with van der Waals surface area (Å²) in [4.78, 5) is 12.7. The van der Waals surface area contributed by atoms with E-state index in [1.54, 1.807) is 17.1 Å². The number of nitrogens with one attached hydrogen (secondary N) is 1. The van der Waals surface area contributed by atoms with E-state index in [0.717, 1.165) is 42.0 Å². The fourth-order valence-corrected chi connectivity index (χ4v) is 3.33. The molecule has 0 saturated carbocycles. The molecule has 122 valence electrons. The molecule has 1 aromatic carbocycles. The number of carbonyl (C=O) groups is 1. The van der Waals surface area contributed by atoms with Crippen molar-refractivity contribution < 1.29 is 9.21 Å². The van der Waals surface area contributed by atoms with Crippen molar-refractivity contribution in [3.63, 3.8) is 0 Å². The topological polar surface area (TPSA) is 60.1 Å². The molecule has 1 aliphatic rings. The van der Waals surface area contributed by atoms with E-state index in [1.165, 1.54) is 0 Å². The number of rotatable bonds is 3. The first-order valence-corrected chi connectivity index (χ1v) is 8.21. The number of nitrogens with zero attached hydrogens (tertiary/aromatic N) is 2. The van der Waals surface area contributed by atoms with E-state index in [1.807, 2.05) is 43.3 Å². The van der Waals surface area contributed by atoms with Crippen LogP contribution in [0.25, 0.3) is 5.69 Å². The van der Waals surface area contributed by atoms with Crippen molar-refractivity contribution >= 4 is 5.91 Å². The molecule has 3 aromatic rings. The summed E-state index contributed by atoms with van der Waals surface area (Å²) in [5.74, 6) is 0.900. The summed E-state index contributed by atoms with van der Waals surface area (Å²) in [5.41, 5.74) is 3.49. The van der Waals surface area contributed by atoms with E-state index < -0.39 is 0 Å².